The largest absolute Gasteiger partial charge is 0.493 e. The van der Waals surface area contributed by atoms with E-state index in [1.54, 1.807) is 0 Å². The van der Waals surface area contributed by atoms with Crippen LogP contribution in [-0.4, -0.2) is 31.4 Å². The monoisotopic (exact) mass is 356 g/mol. The van der Waals surface area contributed by atoms with Gasteiger partial charge in [0.15, 0.2) is 0 Å². The summed E-state index contributed by atoms with van der Waals surface area (Å²) in [6, 6.07) is 17.2. The molecule has 1 aliphatic rings. The summed E-state index contributed by atoms with van der Waals surface area (Å²) in [5.41, 5.74) is 0.920. The summed E-state index contributed by atoms with van der Waals surface area (Å²) in [5, 5.41) is 8.93. The van der Waals surface area contributed by atoms with Gasteiger partial charge in [-0.3, -0.25) is 4.79 Å². The quantitative estimate of drug-likeness (QED) is 0.695. The highest BCUT2D eigenvalue weighted by Gasteiger charge is 2.44. The lowest BCUT2D eigenvalue weighted by atomic mass is 10.1. The second kappa shape index (κ2) is 8.23. The molecule has 0 amide bonds. The Morgan fingerprint density at radius 1 is 1.00 bits per heavy atom. The molecule has 0 spiro atoms. The molecule has 138 valence electrons. The van der Waals surface area contributed by atoms with Gasteiger partial charge >= 0.3 is 5.97 Å². The van der Waals surface area contributed by atoms with Crippen LogP contribution < -0.4 is 9.47 Å². The number of para-hydroxylation sites is 1. The van der Waals surface area contributed by atoms with E-state index < -0.39 is 12.1 Å². The zero-order valence-corrected chi connectivity index (χ0v) is 14.9. The fourth-order valence-electron chi connectivity index (χ4n) is 2.77. The molecule has 1 saturated carbocycles. The molecule has 3 rings (SSSR count). The molecule has 2 aromatic rings. The first-order valence-corrected chi connectivity index (χ1v) is 8.75. The third kappa shape index (κ3) is 4.99. The Morgan fingerprint density at radius 3 is 2.08 bits per heavy atom. The number of aliphatic carboxylic acids is 1. The van der Waals surface area contributed by atoms with E-state index in [9.17, 15) is 4.79 Å². The normalized spacial score (nSPS) is 15.9. The molecular weight excluding hydrogens is 332 g/mol. The summed E-state index contributed by atoms with van der Waals surface area (Å²) in [5.74, 6) is 0.767. The first-order valence-electron chi connectivity index (χ1n) is 8.75. The highest BCUT2D eigenvalue weighted by molar-refractivity contribution is 5.67. The van der Waals surface area contributed by atoms with Crippen molar-refractivity contribution in [3.05, 3.63) is 60.2 Å². The number of carboxylic acids is 1. The van der Waals surface area contributed by atoms with Crippen LogP contribution in [0.1, 0.15) is 30.9 Å². The van der Waals surface area contributed by atoms with Gasteiger partial charge in [0.1, 0.15) is 11.5 Å². The first kappa shape index (κ1) is 18.3. The topological polar surface area (TPSA) is 65.0 Å². The number of hydrogen-bond acceptors (Lipinski definition) is 4. The van der Waals surface area contributed by atoms with Crippen molar-refractivity contribution in [3.8, 4) is 11.5 Å². The number of ether oxygens (including phenoxy) is 3. The third-order valence-corrected chi connectivity index (χ3v) is 4.69. The SMILES string of the molecule is COC(CC(=O)O)c1ccc(OCC2(COc3ccccc3)CC2)cc1. The van der Waals surface area contributed by atoms with Gasteiger partial charge in [-0.05, 0) is 42.7 Å². The molecule has 0 bridgehead atoms. The standard InChI is InChI=1S/C21H24O5/c1-24-19(13-20(22)23)16-7-9-18(10-8-16)26-15-21(11-12-21)14-25-17-5-3-2-4-6-17/h2-10,19H,11-15H2,1H3,(H,22,23). The number of benzene rings is 2. The average molecular weight is 356 g/mol. The van der Waals surface area contributed by atoms with Crippen LogP contribution in [0.2, 0.25) is 0 Å². The van der Waals surface area contributed by atoms with Gasteiger partial charge in [-0.2, -0.15) is 0 Å². The number of rotatable bonds is 10. The van der Waals surface area contributed by atoms with E-state index in [1.807, 2.05) is 54.6 Å². The van der Waals surface area contributed by atoms with E-state index in [2.05, 4.69) is 0 Å². The molecule has 0 aliphatic heterocycles. The van der Waals surface area contributed by atoms with Crippen molar-refractivity contribution in [2.75, 3.05) is 20.3 Å². The van der Waals surface area contributed by atoms with Crippen LogP contribution in [0.5, 0.6) is 11.5 Å². The summed E-state index contributed by atoms with van der Waals surface area (Å²) in [7, 11) is 1.52. The molecule has 0 aromatic heterocycles. The maximum atomic E-state index is 10.9. The Bertz CT molecular complexity index is 707. The maximum absolute atomic E-state index is 10.9. The van der Waals surface area contributed by atoms with Gasteiger partial charge in [0.2, 0.25) is 0 Å². The van der Waals surface area contributed by atoms with E-state index in [1.165, 1.54) is 7.11 Å². The van der Waals surface area contributed by atoms with Gasteiger partial charge in [-0.1, -0.05) is 30.3 Å². The minimum Gasteiger partial charge on any atom is -0.493 e. The van der Waals surface area contributed by atoms with Crippen LogP contribution >= 0.6 is 0 Å². The molecule has 0 saturated heterocycles. The van der Waals surface area contributed by atoms with Gasteiger partial charge in [0.25, 0.3) is 0 Å². The molecule has 1 N–H and O–H groups in total. The predicted molar refractivity (Wildman–Crippen MR) is 97.5 cm³/mol. The van der Waals surface area contributed by atoms with Gasteiger partial charge < -0.3 is 19.3 Å². The summed E-state index contributed by atoms with van der Waals surface area (Å²) in [4.78, 5) is 10.9. The predicted octanol–water partition coefficient (Wildman–Crippen LogP) is 4.09. The van der Waals surface area contributed by atoms with E-state index >= 15 is 0 Å². The van der Waals surface area contributed by atoms with E-state index in [4.69, 9.17) is 19.3 Å². The minimum atomic E-state index is -0.883. The van der Waals surface area contributed by atoms with Crippen LogP contribution in [0, 0.1) is 5.41 Å². The van der Waals surface area contributed by atoms with Crippen LogP contribution in [0.25, 0.3) is 0 Å². The van der Waals surface area contributed by atoms with Crippen molar-refractivity contribution in [1.29, 1.82) is 0 Å². The third-order valence-electron chi connectivity index (χ3n) is 4.69. The highest BCUT2D eigenvalue weighted by atomic mass is 16.5. The average Bonchev–Trinajstić information content (AvgIpc) is 3.44. The minimum absolute atomic E-state index is 0.0589. The number of carbonyl (C=O) groups is 1. The number of hydrogen-bond donors (Lipinski definition) is 1. The molecular formula is C21H24O5. The smallest absolute Gasteiger partial charge is 0.306 e. The molecule has 5 heteroatoms. The van der Waals surface area contributed by atoms with Crippen molar-refractivity contribution in [2.24, 2.45) is 5.41 Å². The molecule has 26 heavy (non-hydrogen) atoms. The molecule has 5 nitrogen and oxygen atoms in total. The number of carboxylic acid groups (broad SMARTS) is 1. The summed E-state index contributed by atoms with van der Waals surface area (Å²) in [6.45, 7) is 1.27. The molecule has 1 atom stereocenters. The molecule has 1 unspecified atom stereocenters. The second-order valence-electron chi connectivity index (χ2n) is 6.78. The highest BCUT2D eigenvalue weighted by Crippen LogP contribution is 2.46. The summed E-state index contributed by atoms with van der Waals surface area (Å²) < 4.78 is 17.1. The zero-order valence-electron chi connectivity index (χ0n) is 14.9. The fraction of sp³-hybridized carbons (Fsp3) is 0.381. The lowest BCUT2D eigenvalue weighted by molar-refractivity contribution is -0.139. The Kier molecular flexibility index (Phi) is 5.78. The zero-order chi connectivity index (χ0) is 18.4. The first-order chi connectivity index (χ1) is 12.6. The second-order valence-corrected chi connectivity index (χ2v) is 6.78. The molecule has 0 radical (unpaired) electrons. The maximum Gasteiger partial charge on any atom is 0.306 e. The van der Waals surface area contributed by atoms with Crippen molar-refractivity contribution in [2.45, 2.75) is 25.4 Å². The van der Waals surface area contributed by atoms with Crippen LogP contribution in [0.3, 0.4) is 0 Å². The summed E-state index contributed by atoms with van der Waals surface area (Å²) >= 11 is 0. The van der Waals surface area contributed by atoms with E-state index in [0.717, 1.165) is 29.9 Å². The van der Waals surface area contributed by atoms with Crippen molar-refractivity contribution in [1.82, 2.24) is 0 Å². The van der Waals surface area contributed by atoms with Crippen LogP contribution in [0.4, 0.5) is 0 Å². The van der Waals surface area contributed by atoms with E-state index in [-0.39, 0.29) is 11.8 Å². The van der Waals surface area contributed by atoms with Gasteiger partial charge in [0, 0.05) is 12.5 Å². The molecule has 2 aromatic carbocycles. The van der Waals surface area contributed by atoms with Crippen molar-refractivity contribution < 1.29 is 24.1 Å². The molecule has 1 aliphatic carbocycles. The van der Waals surface area contributed by atoms with Crippen LogP contribution in [0.15, 0.2) is 54.6 Å². The summed E-state index contributed by atoms with van der Waals surface area (Å²) in [6.07, 6.45) is 1.69. The Labute approximate surface area is 153 Å². The van der Waals surface area contributed by atoms with Crippen molar-refractivity contribution >= 4 is 5.97 Å². The molecule has 0 heterocycles. The van der Waals surface area contributed by atoms with Gasteiger partial charge in [0.05, 0.1) is 25.7 Å². The van der Waals surface area contributed by atoms with Gasteiger partial charge in [-0.25, -0.2) is 0 Å². The Morgan fingerprint density at radius 2 is 1.58 bits per heavy atom. The van der Waals surface area contributed by atoms with Crippen molar-refractivity contribution in [3.63, 3.8) is 0 Å². The van der Waals surface area contributed by atoms with E-state index in [0.29, 0.717) is 13.2 Å². The Balaban J connectivity index is 1.50. The Hall–Kier alpha value is -2.53. The fourth-order valence-corrected chi connectivity index (χ4v) is 2.77. The van der Waals surface area contributed by atoms with Gasteiger partial charge in [-0.15, -0.1) is 0 Å². The lowest BCUT2D eigenvalue weighted by Gasteiger charge is -2.18. The number of methoxy groups -OCH3 is 1. The lowest BCUT2D eigenvalue weighted by Crippen LogP contribution is -2.21. The van der Waals surface area contributed by atoms with Crippen LogP contribution in [-0.2, 0) is 9.53 Å². The molecule has 1 fully saturated rings.